The standard InChI is InChI=1S/C18H26N4O2/c19-15-5-1-3-7-17(15)21(11-13-23)9-10-22(12-14-24)18-8-4-2-6-16(18)20/h1-8,23-24H,9-14,19-20H2. The molecule has 6 nitrogen and oxygen atoms in total. The Morgan fingerprint density at radius 1 is 0.625 bits per heavy atom. The van der Waals surface area contributed by atoms with E-state index in [1.54, 1.807) is 0 Å². The lowest BCUT2D eigenvalue weighted by Crippen LogP contribution is -2.38. The average Bonchev–Trinajstić information content (AvgIpc) is 2.59. The minimum atomic E-state index is 0.0435. The van der Waals surface area contributed by atoms with E-state index in [2.05, 4.69) is 0 Å². The van der Waals surface area contributed by atoms with E-state index >= 15 is 0 Å². The Hall–Kier alpha value is -2.44. The lowest BCUT2D eigenvalue weighted by molar-refractivity contribution is 0.298. The third-order valence-corrected chi connectivity index (χ3v) is 3.93. The second-order valence-electron chi connectivity index (χ2n) is 5.54. The number of nitrogens with two attached hydrogens (primary N) is 2. The molecule has 0 spiro atoms. The van der Waals surface area contributed by atoms with Crippen molar-refractivity contribution in [2.45, 2.75) is 0 Å². The summed E-state index contributed by atoms with van der Waals surface area (Å²) in [4.78, 5) is 4.08. The van der Waals surface area contributed by atoms with Crippen LogP contribution in [0.4, 0.5) is 22.7 Å². The fourth-order valence-corrected chi connectivity index (χ4v) is 2.74. The maximum absolute atomic E-state index is 9.36. The molecule has 0 aliphatic rings. The van der Waals surface area contributed by atoms with Gasteiger partial charge in [-0.25, -0.2) is 0 Å². The number of aliphatic hydroxyl groups excluding tert-OH is 2. The molecular formula is C18H26N4O2. The number of hydrogen-bond acceptors (Lipinski definition) is 6. The molecule has 0 radical (unpaired) electrons. The molecule has 24 heavy (non-hydrogen) atoms. The van der Waals surface area contributed by atoms with Crippen molar-refractivity contribution in [1.29, 1.82) is 0 Å². The Labute approximate surface area is 142 Å². The predicted molar refractivity (Wildman–Crippen MR) is 100 cm³/mol. The van der Waals surface area contributed by atoms with Crippen molar-refractivity contribution in [3.63, 3.8) is 0 Å². The zero-order chi connectivity index (χ0) is 17.4. The highest BCUT2D eigenvalue weighted by Crippen LogP contribution is 2.24. The van der Waals surface area contributed by atoms with E-state index in [9.17, 15) is 10.2 Å². The van der Waals surface area contributed by atoms with E-state index in [4.69, 9.17) is 11.5 Å². The fraction of sp³-hybridized carbons (Fsp3) is 0.333. The van der Waals surface area contributed by atoms with Gasteiger partial charge in [0.2, 0.25) is 0 Å². The maximum Gasteiger partial charge on any atom is 0.0606 e. The van der Waals surface area contributed by atoms with Gasteiger partial charge in [-0.15, -0.1) is 0 Å². The molecule has 130 valence electrons. The molecule has 0 saturated heterocycles. The molecule has 0 atom stereocenters. The van der Waals surface area contributed by atoms with Gasteiger partial charge in [-0.3, -0.25) is 0 Å². The van der Waals surface area contributed by atoms with E-state index < -0.39 is 0 Å². The van der Waals surface area contributed by atoms with Gasteiger partial charge in [0, 0.05) is 26.2 Å². The molecule has 0 fully saturated rings. The van der Waals surface area contributed by atoms with E-state index in [-0.39, 0.29) is 13.2 Å². The molecule has 6 heteroatoms. The van der Waals surface area contributed by atoms with E-state index in [1.165, 1.54) is 0 Å². The zero-order valence-corrected chi connectivity index (χ0v) is 13.8. The Kier molecular flexibility index (Phi) is 6.72. The second kappa shape index (κ2) is 9.00. The molecule has 0 bridgehead atoms. The van der Waals surface area contributed by atoms with Crippen molar-refractivity contribution in [2.75, 3.05) is 60.7 Å². The zero-order valence-electron chi connectivity index (χ0n) is 13.8. The number of anilines is 4. The summed E-state index contributed by atoms with van der Waals surface area (Å²) in [6, 6.07) is 15.2. The van der Waals surface area contributed by atoms with Gasteiger partial charge in [0.1, 0.15) is 0 Å². The lowest BCUT2D eigenvalue weighted by atomic mass is 10.2. The molecule has 0 aliphatic carbocycles. The van der Waals surface area contributed by atoms with Gasteiger partial charge in [0.05, 0.1) is 36.0 Å². The predicted octanol–water partition coefficient (Wildman–Crippen LogP) is 1.15. The smallest absolute Gasteiger partial charge is 0.0606 e. The van der Waals surface area contributed by atoms with Gasteiger partial charge in [0.25, 0.3) is 0 Å². The summed E-state index contributed by atoms with van der Waals surface area (Å²) in [5, 5.41) is 18.7. The van der Waals surface area contributed by atoms with Crippen LogP contribution in [0.3, 0.4) is 0 Å². The van der Waals surface area contributed by atoms with Crippen molar-refractivity contribution in [1.82, 2.24) is 0 Å². The average molecular weight is 330 g/mol. The first kappa shape index (κ1) is 17.9. The third kappa shape index (κ3) is 4.53. The first-order chi connectivity index (χ1) is 11.7. The number of hydrogen-bond donors (Lipinski definition) is 4. The minimum Gasteiger partial charge on any atom is -0.397 e. The summed E-state index contributed by atoms with van der Waals surface area (Å²) in [5.41, 5.74) is 15.3. The van der Waals surface area contributed by atoms with Crippen LogP contribution in [0.2, 0.25) is 0 Å². The van der Waals surface area contributed by atoms with Crippen LogP contribution >= 0.6 is 0 Å². The molecule has 0 aromatic heterocycles. The van der Waals surface area contributed by atoms with Gasteiger partial charge >= 0.3 is 0 Å². The largest absolute Gasteiger partial charge is 0.397 e. The highest BCUT2D eigenvalue weighted by molar-refractivity contribution is 5.69. The van der Waals surface area contributed by atoms with Crippen molar-refractivity contribution >= 4 is 22.7 Å². The SMILES string of the molecule is Nc1ccccc1N(CCO)CCN(CCO)c1ccccc1N. The van der Waals surface area contributed by atoms with Gasteiger partial charge in [-0.05, 0) is 24.3 Å². The number of aliphatic hydroxyl groups is 2. The molecule has 0 heterocycles. The summed E-state index contributed by atoms with van der Waals surface area (Å²) < 4.78 is 0. The molecule has 0 amide bonds. The summed E-state index contributed by atoms with van der Waals surface area (Å²) in [6.07, 6.45) is 0. The Bertz CT molecular complexity index is 580. The number of para-hydroxylation sites is 4. The maximum atomic E-state index is 9.36. The molecule has 0 saturated carbocycles. The monoisotopic (exact) mass is 330 g/mol. The molecule has 2 rings (SSSR count). The number of rotatable bonds is 9. The van der Waals surface area contributed by atoms with Crippen LogP contribution in [-0.4, -0.2) is 49.6 Å². The Balaban J connectivity index is 2.14. The van der Waals surface area contributed by atoms with Crippen LogP contribution in [0.5, 0.6) is 0 Å². The summed E-state index contributed by atoms with van der Waals surface area (Å²) in [6.45, 7) is 2.38. The topological polar surface area (TPSA) is 99.0 Å². The van der Waals surface area contributed by atoms with Crippen LogP contribution < -0.4 is 21.3 Å². The summed E-state index contributed by atoms with van der Waals surface area (Å²) in [5.74, 6) is 0. The molecule has 2 aromatic rings. The number of benzene rings is 2. The third-order valence-electron chi connectivity index (χ3n) is 3.93. The van der Waals surface area contributed by atoms with Crippen molar-refractivity contribution in [2.24, 2.45) is 0 Å². The Morgan fingerprint density at radius 3 is 1.33 bits per heavy atom. The quantitative estimate of drug-likeness (QED) is 0.515. The van der Waals surface area contributed by atoms with Crippen LogP contribution in [-0.2, 0) is 0 Å². The minimum absolute atomic E-state index is 0.0435. The second-order valence-corrected chi connectivity index (χ2v) is 5.54. The van der Waals surface area contributed by atoms with Crippen LogP contribution in [0.15, 0.2) is 48.5 Å². The molecule has 0 aliphatic heterocycles. The molecular weight excluding hydrogens is 304 g/mol. The van der Waals surface area contributed by atoms with Crippen LogP contribution in [0.1, 0.15) is 0 Å². The molecule has 6 N–H and O–H groups in total. The van der Waals surface area contributed by atoms with Crippen molar-refractivity contribution in [3.8, 4) is 0 Å². The summed E-state index contributed by atoms with van der Waals surface area (Å²) >= 11 is 0. The van der Waals surface area contributed by atoms with Gasteiger partial charge < -0.3 is 31.5 Å². The van der Waals surface area contributed by atoms with Crippen LogP contribution in [0, 0.1) is 0 Å². The molecule has 2 aromatic carbocycles. The van der Waals surface area contributed by atoms with E-state index in [0.717, 1.165) is 11.4 Å². The molecule has 0 unspecified atom stereocenters. The number of nitrogens with zero attached hydrogens (tertiary/aromatic N) is 2. The fourth-order valence-electron chi connectivity index (χ4n) is 2.74. The lowest BCUT2D eigenvalue weighted by Gasteiger charge is -2.31. The van der Waals surface area contributed by atoms with Crippen LogP contribution in [0.25, 0.3) is 0 Å². The van der Waals surface area contributed by atoms with E-state index in [0.29, 0.717) is 37.6 Å². The van der Waals surface area contributed by atoms with E-state index in [1.807, 2.05) is 58.3 Å². The first-order valence-electron chi connectivity index (χ1n) is 8.08. The van der Waals surface area contributed by atoms with Crippen molar-refractivity contribution in [3.05, 3.63) is 48.5 Å². The normalized spacial score (nSPS) is 10.6. The summed E-state index contributed by atoms with van der Waals surface area (Å²) in [7, 11) is 0. The van der Waals surface area contributed by atoms with Gasteiger partial charge in [-0.2, -0.15) is 0 Å². The van der Waals surface area contributed by atoms with Gasteiger partial charge in [0.15, 0.2) is 0 Å². The number of nitrogen functional groups attached to an aromatic ring is 2. The Morgan fingerprint density at radius 2 is 1.00 bits per heavy atom. The highest BCUT2D eigenvalue weighted by Gasteiger charge is 2.13. The van der Waals surface area contributed by atoms with Crippen molar-refractivity contribution < 1.29 is 10.2 Å². The highest BCUT2D eigenvalue weighted by atomic mass is 16.3. The first-order valence-corrected chi connectivity index (χ1v) is 8.08. The van der Waals surface area contributed by atoms with Gasteiger partial charge in [-0.1, -0.05) is 24.3 Å².